The molecule has 2 aromatic heterocycles. The van der Waals surface area contributed by atoms with Crippen LogP contribution >= 0.6 is 11.6 Å². The van der Waals surface area contributed by atoms with E-state index in [4.69, 9.17) is 21.3 Å². The maximum absolute atomic E-state index is 16.2. The van der Waals surface area contributed by atoms with Crippen molar-refractivity contribution in [1.82, 2.24) is 19.9 Å². The second-order valence-electron chi connectivity index (χ2n) is 12.0. The van der Waals surface area contributed by atoms with Gasteiger partial charge in [0.15, 0.2) is 5.82 Å². The van der Waals surface area contributed by atoms with Crippen LogP contribution in [0.4, 0.5) is 10.2 Å². The highest BCUT2D eigenvalue weighted by molar-refractivity contribution is 6.31. The number of hydrogen-bond donors (Lipinski definition) is 2. The Bertz CT molecular complexity index is 1400. The van der Waals surface area contributed by atoms with Crippen molar-refractivity contribution in [3.8, 4) is 23.0 Å². The Morgan fingerprint density at radius 2 is 1.82 bits per heavy atom. The summed E-state index contributed by atoms with van der Waals surface area (Å²) in [6, 6.07) is 4.58. The molecule has 206 valence electrons. The molecule has 1 aliphatic carbocycles. The fraction of sp³-hybridized carbons (Fsp3) is 0.552. The molecule has 3 aromatic rings. The number of fused-ring (bicyclic) bond motifs is 2. The van der Waals surface area contributed by atoms with Crippen molar-refractivity contribution in [3.05, 3.63) is 35.2 Å². The molecule has 4 aliphatic rings. The van der Waals surface area contributed by atoms with Crippen molar-refractivity contribution in [3.63, 3.8) is 0 Å². The summed E-state index contributed by atoms with van der Waals surface area (Å²) in [4.78, 5) is 18.6. The Kier molecular flexibility index (Phi) is 6.10. The van der Waals surface area contributed by atoms with Gasteiger partial charge in [0, 0.05) is 29.9 Å². The van der Waals surface area contributed by atoms with Crippen molar-refractivity contribution in [2.45, 2.75) is 63.0 Å². The maximum atomic E-state index is 16.2. The molecule has 0 atom stereocenters. The summed E-state index contributed by atoms with van der Waals surface area (Å²) in [5.74, 6) is -0.0473. The Hall–Kier alpha value is -2.75. The molecule has 7 rings (SSSR count). The number of halogens is 2. The third kappa shape index (κ3) is 4.39. The Morgan fingerprint density at radius 1 is 1.05 bits per heavy atom. The van der Waals surface area contributed by atoms with Gasteiger partial charge in [0.05, 0.1) is 17.0 Å². The van der Waals surface area contributed by atoms with Crippen molar-refractivity contribution < 1.29 is 19.3 Å². The van der Waals surface area contributed by atoms with Gasteiger partial charge in [0.25, 0.3) is 0 Å². The number of aromatic hydroxyl groups is 1. The second kappa shape index (κ2) is 9.42. The third-order valence-corrected chi connectivity index (χ3v) is 9.60. The number of pyridine rings is 1. The van der Waals surface area contributed by atoms with E-state index in [1.807, 2.05) is 0 Å². The molecule has 1 spiro atoms. The lowest BCUT2D eigenvalue weighted by atomic mass is 9.62. The van der Waals surface area contributed by atoms with Crippen LogP contribution in [0.2, 0.25) is 5.02 Å². The molecule has 4 fully saturated rings. The molecule has 0 amide bonds. The predicted octanol–water partition coefficient (Wildman–Crippen LogP) is 4.94. The van der Waals surface area contributed by atoms with Gasteiger partial charge >= 0.3 is 6.01 Å². The van der Waals surface area contributed by atoms with E-state index in [0.717, 1.165) is 77.5 Å². The summed E-state index contributed by atoms with van der Waals surface area (Å²) in [6.07, 6.45) is 9.46. The third-order valence-electron chi connectivity index (χ3n) is 9.38. The van der Waals surface area contributed by atoms with Gasteiger partial charge in [-0.1, -0.05) is 11.6 Å². The van der Waals surface area contributed by atoms with Gasteiger partial charge in [-0.05, 0) is 88.1 Å². The smallest absolute Gasteiger partial charge is 0.319 e. The number of aliphatic hydroxyl groups excluding tert-OH is 1. The number of phenols is 1. The average molecular weight is 554 g/mol. The topological polar surface area (TPSA) is 94.8 Å². The van der Waals surface area contributed by atoms with Crippen LogP contribution in [0.3, 0.4) is 0 Å². The lowest BCUT2D eigenvalue weighted by Crippen LogP contribution is -2.52. The minimum Gasteiger partial charge on any atom is -0.508 e. The minimum atomic E-state index is -0.602. The standard InChI is InChI=1S/C29H33ClFN5O3/c30-19-10-18(11-20(37)12-19)24-23(31)25-22(15-32-24)26(35-7-1-4-28(16-35)13-21(38)14-28)34-27(33-25)39-17-29-5-2-8-36(29)9-3-6-29/h10-12,15,21,37-38H,1-9,13-14,16-17H2. The van der Waals surface area contributed by atoms with Crippen molar-refractivity contribution >= 4 is 28.3 Å². The first kappa shape index (κ1) is 25.2. The highest BCUT2D eigenvalue weighted by Gasteiger charge is 2.47. The number of aromatic nitrogens is 3. The first-order valence-corrected chi connectivity index (χ1v) is 14.4. The molecule has 3 aliphatic heterocycles. The highest BCUT2D eigenvalue weighted by Crippen LogP contribution is 2.49. The summed E-state index contributed by atoms with van der Waals surface area (Å²) in [7, 11) is 0. The van der Waals surface area contributed by atoms with E-state index in [1.165, 1.54) is 12.1 Å². The number of rotatable bonds is 5. The monoisotopic (exact) mass is 553 g/mol. The number of aliphatic hydroxyl groups is 1. The van der Waals surface area contributed by atoms with Crippen LogP contribution in [-0.4, -0.2) is 74.5 Å². The number of benzene rings is 1. The largest absolute Gasteiger partial charge is 0.508 e. The molecule has 5 heterocycles. The molecular formula is C29H33ClFN5O3. The molecule has 3 saturated heterocycles. The van der Waals surface area contributed by atoms with Crippen LogP contribution in [0, 0.1) is 11.2 Å². The molecular weight excluding hydrogens is 521 g/mol. The van der Waals surface area contributed by atoms with E-state index < -0.39 is 5.82 Å². The quantitative estimate of drug-likeness (QED) is 0.459. The number of nitrogens with zero attached hydrogens (tertiary/aromatic N) is 5. The Morgan fingerprint density at radius 3 is 2.56 bits per heavy atom. The first-order chi connectivity index (χ1) is 18.8. The fourth-order valence-corrected chi connectivity index (χ4v) is 7.79. The van der Waals surface area contributed by atoms with Crippen molar-refractivity contribution in [1.29, 1.82) is 0 Å². The van der Waals surface area contributed by atoms with Gasteiger partial charge in [0.1, 0.15) is 29.4 Å². The fourth-order valence-electron chi connectivity index (χ4n) is 7.56. The molecule has 8 nitrogen and oxygen atoms in total. The predicted molar refractivity (Wildman–Crippen MR) is 147 cm³/mol. The first-order valence-electron chi connectivity index (χ1n) is 14.0. The summed E-state index contributed by atoms with van der Waals surface area (Å²) in [5.41, 5.74) is 0.641. The molecule has 0 radical (unpaired) electrons. The van der Waals surface area contributed by atoms with Crippen molar-refractivity contribution in [2.24, 2.45) is 5.41 Å². The van der Waals surface area contributed by atoms with Crippen LogP contribution in [0.25, 0.3) is 22.2 Å². The van der Waals surface area contributed by atoms with E-state index in [0.29, 0.717) is 23.4 Å². The van der Waals surface area contributed by atoms with Gasteiger partial charge in [-0.25, -0.2) is 4.39 Å². The van der Waals surface area contributed by atoms with Crippen LogP contribution in [-0.2, 0) is 0 Å². The highest BCUT2D eigenvalue weighted by atomic mass is 35.5. The SMILES string of the molecule is Oc1cc(Cl)cc(-c2ncc3c(N4CCCC5(CC(O)C5)C4)nc(OCC45CCCN4CCC5)nc3c2F)c1. The van der Waals surface area contributed by atoms with Gasteiger partial charge in [-0.15, -0.1) is 0 Å². The van der Waals surface area contributed by atoms with E-state index in [9.17, 15) is 10.2 Å². The Balaban J connectivity index is 1.30. The number of anilines is 1. The van der Waals surface area contributed by atoms with Gasteiger partial charge in [0.2, 0.25) is 0 Å². The molecule has 39 heavy (non-hydrogen) atoms. The summed E-state index contributed by atoms with van der Waals surface area (Å²) < 4.78 is 22.5. The van der Waals surface area contributed by atoms with E-state index >= 15 is 4.39 Å². The zero-order valence-electron chi connectivity index (χ0n) is 21.9. The molecule has 1 saturated carbocycles. The van der Waals surface area contributed by atoms with E-state index in [2.05, 4.69) is 19.8 Å². The zero-order chi connectivity index (χ0) is 26.8. The zero-order valence-corrected chi connectivity index (χ0v) is 22.6. The number of phenolic OH excluding ortho intramolecular Hbond substituents is 1. The number of ether oxygens (including phenoxy) is 1. The van der Waals surface area contributed by atoms with Gasteiger partial charge in [-0.3, -0.25) is 9.88 Å². The average Bonchev–Trinajstić information content (AvgIpc) is 3.47. The molecule has 0 bridgehead atoms. The lowest BCUT2D eigenvalue weighted by molar-refractivity contribution is -0.0396. The summed E-state index contributed by atoms with van der Waals surface area (Å²) in [5, 5.41) is 20.9. The summed E-state index contributed by atoms with van der Waals surface area (Å²) >= 11 is 6.14. The van der Waals surface area contributed by atoms with E-state index in [1.54, 1.807) is 12.3 Å². The molecule has 1 aromatic carbocycles. The number of piperidine rings is 1. The molecule has 10 heteroatoms. The van der Waals surface area contributed by atoms with Crippen LogP contribution in [0.15, 0.2) is 24.4 Å². The van der Waals surface area contributed by atoms with Gasteiger partial charge in [-0.2, -0.15) is 9.97 Å². The van der Waals surface area contributed by atoms with E-state index in [-0.39, 0.29) is 45.1 Å². The molecule has 0 unspecified atom stereocenters. The normalized spacial score (nSPS) is 26.2. The van der Waals surface area contributed by atoms with Crippen LogP contribution in [0.5, 0.6) is 11.8 Å². The Labute approximate surface area is 231 Å². The lowest BCUT2D eigenvalue weighted by Gasteiger charge is -2.51. The van der Waals surface area contributed by atoms with Crippen molar-refractivity contribution in [2.75, 3.05) is 37.7 Å². The second-order valence-corrected chi connectivity index (χ2v) is 12.4. The maximum Gasteiger partial charge on any atom is 0.319 e. The van der Waals surface area contributed by atoms with Gasteiger partial charge < -0.3 is 19.8 Å². The van der Waals surface area contributed by atoms with Crippen LogP contribution in [0.1, 0.15) is 51.4 Å². The summed E-state index contributed by atoms with van der Waals surface area (Å²) in [6.45, 7) is 4.19. The molecule has 2 N–H and O–H groups in total. The van der Waals surface area contributed by atoms with Crippen LogP contribution < -0.4 is 9.64 Å². The number of hydrogen-bond acceptors (Lipinski definition) is 8. The minimum absolute atomic E-state index is 0.00992.